The first kappa shape index (κ1) is 9.13. The lowest BCUT2D eigenvalue weighted by Crippen LogP contribution is -2.09. The first-order chi connectivity index (χ1) is 7.16. The minimum absolute atomic E-state index is 0.314. The number of nitrogens with zero attached hydrogens (tertiary/aromatic N) is 4. The molecule has 0 atom stereocenters. The Hall–Kier alpha value is -2.44. The van der Waals surface area contributed by atoms with Crippen LogP contribution in [-0.2, 0) is 0 Å². The van der Waals surface area contributed by atoms with Crippen molar-refractivity contribution >= 4 is 11.7 Å². The molecule has 4 N–H and O–H groups in total. The van der Waals surface area contributed by atoms with Crippen molar-refractivity contribution in [1.29, 1.82) is 0 Å². The summed E-state index contributed by atoms with van der Waals surface area (Å²) in [5.41, 5.74) is 10.8. The highest BCUT2D eigenvalue weighted by molar-refractivity contribution is 5.92. The quantitative estimate of drug-likeness (QED) is 0.674. The third-order valence-corrected chi connectivity index (χ3v) is 1.77. The Bertz CT molecular complexity index is 488. The van der Waals surface area contributed by atoms with Crippen molar-refractivity contribution in [1.82, 2.24) is 20.0 Å². The van der Waals surface area contributed by atoms with Gasteiger partial charge in [-0.05, 0) is 12.1 Å². The van der Waals surface area contributed by atoms with Crippen LogP contribution in [0.5, 0.6) is 0 Å². The van der Waals surface area contributed by atoms with Gasteiger partial charge in [0.05, 0.1) is 11.8 Å². The first-order valence-electron chi connectivity index (χ1n) is 4.11. The molecule has 0 unspecified atom stereocenters. The van der Waals surface area contributed by atoms with Crippen molar-refractivity contribution < 1.29 is 4.79 Å². The van der Waals surface area contributed by atoms with E-state index in [1.54, 1.807) is 12.1 Å². The van der Waals surface area contributed by atoms with Gasteiger partial charge in [-0.15, -0.1) is 10.2 Å². The maximum Gasteiger partial charge on any atom is 0.251 e. The molecule has 0 saturated carbocycles. The molecule has 2 rings (SSSR count). The second kappa shape index (κ2) is 3.37. The fourth-order valence-corrected chi connectivity index (χ4v) is 1.03. The van der Waals surface area contributed by atoms with E-state index in [0.717, 1.165) is 0 Å². The Morgan fingerprint density at radius 2 is 2.13 bits per heavy atom. The minimum atomic E-state index is -0.537. The molecule has 2 heterocycles. The molecule has 76 valence electrons. The zero-order chi connectivity index (χ0) is 10.8. The van der Waals surface area contributed by atoms with Crippen LogP contribution in [-0.4, -0.2) is 25.9 Å². The van der Waals surface area contributed by atoms with Gasteiger partial charge >= 0.3 is 0 Å². The van der Waals surface area contributed by atoms with Crippen molar-refractivity contribution in [3.63, 3.8) is 0 Å². The Kier molecular flexibility index (Phi) is 2.05. The second-order valence-corrected chi connectivity index (χ2v) is 2.85. The van der Waals surface area contributed by atoms with E-state index in [1.165, 1.54) is 17.1 Å². The molecule has 1 amide bonds. The number of carbonyl (C=O) groups is 1. The molecule has 7 heteroatoms. The van der Waals surface area contributed by atoms with Gasteiger partial charge in [0.1, 0.15) is 5.82 Å². The second-order valence-electron chi connectivity index (χ2n) is 2.85. The maximum absolute atomic E-state index is 10.8. The summed E-state index contributed by atoms with van der Waals surface area (Å²) in [5.74, 6) is 0.252. The van der Waals surface area contributed by atoms with Crippen LogP contribution in [0.2, 0.25) is 0 Å². The highest BCUT2D eigenvalue weighted by Gasteiger charge is 2.06. The molecule has 0 saturated heterocycles. The molecule has 7 nitrogen and oxygen atoms in total. The number of anilines is 1. The average Bonchev–Trinajstić information content (AvgIpc) is 2.68. The standard InChI is InChI=1S/C8H8N6O/c9-6-1-2-7(13-12-6)14-4-5(3-11-14)8(10)15/h1-4H,(H2,9,12)(H2,10,15). The molecular formula is C8H8N6O. The molecule has 15 heavy (non-hydrogen) atoms. The predicted molar refractivity (Wildman–Crippen MR) is 52.1 cm³/mol. The summed E-state index contributed by atoms with van der Waals surface area (Å²) in [6, 6.07) is 3.23. The van der Waals surface area contributed by atoms with Crippen LogP contribution in [0.4, 0.5) is 5.82 Å². The topological polar surface area (TPSA) is 113 Å². The maximum atomic E-state index is 10.8. The Morgan fingerprint density at radius 3 is 2.67 bits per heavy atom. The molecule has 0 aliphatic carbocycles. The van der Waals surface area contributed by atoms with Gasteiger partial charge in [0.25, 0.3) is 5.91 Å². The average molecular weight is 204 g/mol. The van der Waals surface area contributed by atoms with Crippen LogP contribution >= 0.6 is 0 Å². The van der Waals surface area contributed by atoms with E-state index in [2.05, 4.69) is 15.3 Å². The van der Waals surface area contributed by atoms with Crippen LogP contribution in [0.1, 0.15) is 10.4 Å². The fraction of sp³-hybridized carbons (Fsp3) is 0. The highest BCUT2D eigenvalue weighted by Crippen LogP contribution is 2.05. The van der Waals surface area contributed by atoms with Gasteiger partial charge in [-0.1, -0.05) is 0 Å². The monoisotopic (exact) mass is 204 g/mol. The summed E-state index contributed by atoms with van der Waals surface area (Å²) < 4.78 is 1.40. The molecule has 0 aromatic carbocycles. The molecular weight excluding hydrogens is 196 g/mol. The van der Waals surface area contributed by atoms with Crippen LogP contribution in [0.25, 0.3) is 5.82 Å². The van der Waals surface area contributed by atoms with Crippen LogP contribution in [0.3, 0.4) is 0 Å². The molecule has 0 spiro atoms. The third kappa shape index (κ3) is 1.75. The van der Waals surface area contributed by atoms with Gasteiger partial charge in [-0.3, -0.25) is 4.79 Å². The normalized spacial score (nSPS) is 10.1. The smallest absolute Gasteiger partial charge is 0.251 e. The molecule has 0 aliphatic rings. The van der Waals surface area contributed by atoms with Crippen LogP contribution in [0, 0.1) is 0 Å². The van der Waals surface area contributed by atoms with Gasteiger partial charge < -0.3 is 11.5 Å². The number of primary amides is 1. The van der Waals surface area contributed by atoms with E-state index in [9.17, 15) is 4.79 Å². The SMILES string of the molecule is NC(=O)c1cnn(-c2ccc(N)nn2)c1. The molecule has 0 aliphatic heterocycles. The Morgan fingerprint density at radius 1 is 1.33 bits per heavy atom. The number of rotatable bonds is 2. The number of nitrogens with two attached hydrogens (primary N) is 2. The zero-order valence-electron chi connectivity index (χ0n) is 7.66. The summed E-state index contributed by atoms with van der Waals surface area (Å²) in [7, 11) is 0. The summed E-state index contributed by atoms with van der Waals surface area (Å²) in [6.07, 6.45) is 2.84. The molecule has 2 aromatic rings. The van der Waals surface area contributed by atoms with E-state index in [1.807, 2.05) is 0 Å². The predicted octanol–water partition coefficient (Wildman–Crippen LogP) is -0.657. The summed E-state index contributed by atoms with van der Waals surface area (Å²) in [6.45, 7) is 0. The summed E-state index contributed by atoms with van der Waals surface area (Å²) in [5, 5.41) is 11.4. The molecule has 2 aromatic heterocycles. The number of nitrogen functional groups attached to an aromatic ring is 1. The highest BCUT2D eigenvalue weighted by atomic mass is 16.1. The number of hydrogen-bond donors (Lipinski definition) is 2. The number of hydrogen-bond acceptors (Lipinski definition) is 5. The first-order valence-corrected chi connectivity index (χ1v) is 4.11. The molecule has 0 bridgehead atoms. The lowest BCUT2D eigenvalue weighted by molar-refractivity contribution is 0.100. The largest absolute Gasteiger partial charge is 0.382 e. The molecule has 0 radical (unpaired) electrons. The van der Waals surface area contributed by atoms with Crippen molar-refractivity contribution in [2.24, 2.45) is 5.73 Å². The number of aromatic nitrogens is 4. The van der Waals surface area contributed by atoms with Crippen molar-refractivity contribution in [2.45, 2.75) is 0 Å². The fourth-order valence-electron chi connectivity index (χ4n) is 1.03. The number of amides is 1. The van der Waals surface area contributed by atoms with E-state index >= 15 is 0 Å². The summed E-state index contributed by atoms with van der Waals surface area (Å²) in [4.78, 5) is 10.8. The van der Waals surface area contributed by atoms with Crippen molar-refractivity contribution in [3.05, 3.63) is 30.1 Å². The minimum Gasteiger partial charge on any atom is -0.382 e. The van der Waals surface area contributed by atoms with E-state index in [0.29, 0.717) is 17.2 Å². The Balaban J connectivity index is 2.37. The van der Waals surface area contributed by atoms with Gasteiger partial charge in [-0.25, -0.2) is 4.68 Å². The van der Waals surface area contributed by atoms with E-state index < -0.39 is 5.91 Å². The van der Waals surface area contributed by atoms with Gasteiger partial charge in [-0.2, -0.15) is 5.10 Å². The van der Waals surface area contributed by atoms with Gasteiger partial charge in [0.15, 0.2) is 5.82 Å². The zero-order valence-corrected chi connectivity index (χ0v) is 7.66. The number of carbonyl (C=O) groups excluding carboxylic acids is 1. The third-order valence-electron chi connectivity index (χ3n) is 1.77. The van der Waals surface area contributed by atoms with Crippen molar-refractivity contribution in [3.8, 4) is 5.82 Å². The molecule has 0 fully saturated rings. The Labute approximate surface area is 84.7 Å². The van der Waals surface area contributed by atoms with Gasteiger partial charge in [0, 0.05) is 6.20 Å². The van der Waals surface area contributed by atoms with Crippen LogP contribution in [0.15, 0.2) is 24.5 Å². The van der Waals surface area contributed by atoms with E-state index in [-0.39, 0.29) is 0 Å². The lowest BCUT2D eigenvalue weighted by Gasteiger charge is -1.97. The van der Waals surface area contributed by atoms with Crippen molar-refractivity contribution in [2.75, 3.05) is 5.73 Å². The van der Waals surface area contributed by atoms with Gasteiger partial charge in [0.2, 0.25) is 0 Å². The van der Waals surface area contributed by atoms with Crippen LogP contribution < -0.4 is 11.5 Å². The lowest BCUT2D eigenvalue weighted by atomic mass is 10.3. The summed E-state index contributed by atoms with van der Waals surface area (Å²) >= 11 is 0. The van der Waals surface area contributed by atoms with E-state index in [4.69, 9.17) is 11.5 Å².